The maximum absolute atomic E-state index is 13.7. The minimum Gasteiger partial charge on any atom is -0.289 e. The van der Waals surface area contributed by atoms with E-state index in [1.54, 1.807) is 0 Å². The smallest absolute Gasteiger partial charge is 0.224 e. The van der Waals surface area contributed by atoms with Gasteiger partial charge in [-0.15, -0.1) is 0 Å². The lowest BCUT2D eigenvalue weighted by Crippen LogP contribution is -2.09. The SMILES string of the molecule is Cc1cc(C)c(C(=O)c2ccccc2-c2ccccc2C(=O)Sc2ccccc2)c(C)c1. The summed E-state index contributed by atoms with van der Waals surface area (Å²) in [4.78, 5) is 27.7. The van der Waals surface area contributed by atoms with E-state index in [0.717, 1.165) is 38.3 Å². The average molecular weight is 437 g/mol. The van der Waals surface area contributed by atoms with Gasteiger partial charge in [0.25, 0.3) is 0 Å². The first kappa shape index (κ1) is 21.8. The quantitative estimate of drug-likeness (QED) is 0.241. The van der Waals surface area contributed by atoms with Crippen molar-refractivity contribution in [2.45, 2.75) is 25.7 Å². The van der Waals surface area contributed by atoms with Crippen LogP contribution in [0.4, 0.5) is 0 Å². The van der Waals surface area contributed by atoms with Crippen molar-refractivity contribution in [3.8, 4) is 11.1 Å². The van der Waals surface area contributed by atoms with Crippen LogP contribution in [-0.2, 0) is 0 Å². The molecule has 0 spiro atoms. The van der Waals surface area contributed by atoms with Crippen LogP contribution < -0.4 is 0 Å². The normalized spacial score (nSPS) is 10.7. The van der Waals surface area contributed by atoms with Crippen molar-refractivity contribution in [2.75, 3.05) is 0 Å². The summed E-state index contributed by atoms with van der Waals surface area (Å²) in [5, 5.41) is -0.0447. The molecule has 0 aromatic heterocycles. The molecule has 158 valence electrons. The maximum Gasteiger partial charge on any atom is 0.224 e. The van der Waals surface area contributed by atoms with Gasteiger partial charge >= 0.3 is 0 Å². The van der Waals surface area contributed by atoms with Crippen LogP contribution in [0.2, 0.25) is 0 Å². The lowest BCUT2D eigenvalue weighted by molar-refractivity contribution is 0.103. The van der Waals surface area contributed by atoms with Gasteiger partial charge in [0.1, 0.15) is 0 Å². The van der Waals surface area contributed by atoms with Crippen molar-refractivity contribution < 1.29 is 9.59 Å². The molecule has 0 heterocycles. The van der Waals surface area contributed by atoms with Gasteiger partial charge in [-0.3, -0.25) is 9.59 Å². The van der Waals surface area contributed by atoms with Crippen LogP contribution in [0.3, 0.4) is 0 Å². The van der Waals surface area contributed by atoms with E-state index in [2.05, 4.69) is 0 Å². The Balaban J connectivity index is 1.79. The predicted octanol–water partition coefficient (Wildman–Crippen LogP) is 7.44. The Morgan fingerprint density at radius 3 is 1.75 bits per heavy atom. The molecule has 0 saturated carbocycles. The highest BCUT2D eigenvalue weighted by atomic mass is 32.2. The van der Waals surface area contributed by atoms with Gasteiger partial charge in [-0.2, -0.15) is 0 Å². The van der Waals surface area contributed by atoms with Gasteiger partial charge in [0, 0.05) is 21.6 Å². The first-order valence-corrected chi connectivity index (χ1v) is 11.4. The Kier molecular flexibility index (Phi) is 6.38. The molecule has 0 N–H and O–H groups in total. The molecular weight excluding hydrogens is 412 g/mol. The summed E-state index contributed by atoms with van der Waals surface area (Å²) >= 11 is 1.20. The summed E-state index contributed by atoms with van der Waals surface area (Å²) in [5.74, 6) is -0.0198. The fraction of sp³-hybridized carbons (Fsp3) is 0.103. The van der Waals surface area contributed by atoms with Gasteiger partial charge in [-0.1, -0.05) is 78.4 Å². The molecule has 0 radical (unpaired) electrons. The third-order valence-corrected chi connectivity index (χ3v) is 6.38. The van der Waals surface area contributed by atoms with Crippen LogP contribution in [-0.4, -0.2) is 10.9 Å². The van der Waals surface area contributed by atoms with E-state index >= 15 is 0 Å². The summed E-state index contributed by atoms with van der Waals surface area (Å²) in [6.07, 6.45) is 0. The number of rotatable bonds is 5. The second kappa shape index (κ2) is 9.37. The Morgan fingerprint density at radius 1 is 0.625 bits per heavy atom. The Labute approximate surface area is 193 Å². The van der Waals surface area contributed by atoms with E-state index in [-0.39, 0.29) is 10.9 Å². The molecule has 0 atom stereocenters. The highest BCUT2D eigenvalue weighted by Crippen LogP contribution is 2.33. The zero-order chi connectivity index (χ0) is 22.7. The summed E-state index contributed by atoms with van der Waals surface area (Å²) in [7, 11) is 0. The summed E-state index contributed by atoms with van der Waals surface area (Å²) in [5.41, 5.74) is 6.54. The largest absolute Gasteiger partial charge is 0.289 e. The highest BCUT2D eigenvalue weighted by Gasteiger charge is 2.21. The van der Waals surface area contributed by atoms with Crippen LogP contribution in [0.1, 0.15) is 43.0 Å². The molecule has 0 amide bonds. The molecule has 2 nitrogen and oxygen atoms in total. The molecule has 0 unspecified atom stereocenters. The molecule has 32 heavy (non-hydrogen) atoms. The molecule has 0 fully saturated rings. The minimum atomic E-state index is -0.0447. The molecule has 4 rings (SSSR count). The zero-order valence-corrected chi connectivity index (χ0v) is 19.2. The summed E-state index contributed by atoms with van der Waals surface area (Å²) in [6, 6.07) is 28.8. The van der Waals surface area contributed by atoms with Crippen LogP contribution >= 0.6 is 11.8 Å². The number of ketones is 1. The number of hydrogen-bond acceptors (Lipinski definition) is 3. The topological polar surface area (TPSA) is 34.1 Å². The van der Waals surface area contributed by atoms with Crippen molar-refractivity contribution in [2.24, 2.45) is 0 Å². The fourth-order valence-electron chi connectivity index (χ4n) is 4.14. The van der Waals surface area contributed by atoms with Crippen molar-refractivity contribution in [1.29, 1.82) is 0 Å². The second-order valence-electron chi connectivity index (χ2n) is 7.90. The summed E-state index contributed by atoms with van der Waals surface area (Å²) < 4.78 is 0. The van der Waals surface area contributed by atoms with Crippen LogP contribution in [0.25, 0.3) is 11.1 Å². The number of benzene rings is 4. The third-order valence-electron chi connectivity index (χ3n) is 5.47. The standard InChI is InChI=1S/C29H24O2S/c1-19-17-20(2)27(21(3)18-19)28(30)25-15-9-7-13-23(25)24-14-8-10-16-26(24)29(31)32-22-11-5-4-6-12-22/h4-18H,1-3H3. The van der Waals surface area contributed by atoms with E-state index < -0.39 is 0 Å². The van der Waals surface area contributed by atoms with Gasteiger partial charge in [0.2, 0.25) is 5.12 Å². The molecule has 0 aliphatic heterocycles. The monoisotopic (exact) mass is 436 g/mol. The Morgan fingerprint density at radius 2 is 1.12 bits per heavy atom. The maximum atomic E-state index is 13.7. The fourth-order valence-corrected chi connectivity index (χ4v) is 4.93. The third kappa shape index (κ3) is 4.44. The number of carbonyl (C=O) groups is 2. The molecule has 4 aromatic carbocycles. The van der Waals surface area contributed by atoms with Gasteiger partial charge in [-0.05, 0) is 73.0 Å². The van der Waals surface area contributed by atoms with Crippen LogP contribution in [0.15, 0.2) is 95.9 Å². The number of carbonyl (C=O) groups excluding carboxylic acids is 2. The molecular formula is C29H24O2S. The molecule has 0 aliphatic carbocycles. The van der Waals surface area contributed by atoms with Gasteiger partial charge in [-0.25, -0.2) is 0 Å². The molecule has 3 heteroatoms. The second-order valence-corrected chi connectivity index (χ2v) is 8.94. The van der Waals surface area contributed by atoms with E-state index in [1.165, 1.54) is 11.8 Å². The Bertz CT molecular complexity index is 1280. The van der Waals surface area contributed by atoms with Gasteiger partial charge < -0.3 is 0 Å². The van der Waals surface area contributed by atoms with E-state index in [9.17, 15) is 9.59 Å². The van der Waals surface area contributed by atoms with Gasteiger partial charge in [0.05, 0.1) is 0 Å². The Hall–Kier alpha value is -3.43. The van der Waals surface area contributed by atoms with Crippen LogP contribution in [0.5, 0.6) is 0 Å². The number of thioether (sulfide) groups is 1. The lowest BCUT2D eigenvalue weighted by atomic mass is 9.88. The van der Waals surface area contributed by atoms with Crippen LogP contribution in [0, 0.1) is 20.8 Å². The number of aryl methyl sites for hydroxylation is 3. The average Bonchev–Trinajstić information content (AvgIpc) is 2.79. The van der Waals surface area contributed by atoms with Crippen molar-refractivity contribution in [3.05, 3.63) is 124 Å². The first-order valence-electron chi connectivity index (χ1n) is 10.5. The highest BCUT2D eigenvalue weighted by molar-refractivity contribution is 8.14. The lowest BCUT2D eigenvalue weighted by Gasteiger charge is -2.15. The zero-order valence-electron chi connectivity index (χ0n) is 18.4. The van der Waals surface area contributed by atoms with Crippen molar-refractivity contribution >= 4 is 22.7 Å². The van der Waals surface area contributed by atoms with E-state index in [4.69, 9.17) is 0 Å². The van der Waals surface area contributed by atoms with E-state index in [1.807, 2.05) is 112 Å². The molecule has 0 aliphatic rings. The molecule has 4 aromatic rings. The summed E-state index contributed by atoms with van der Waals surface area (Å²) in [6.45, 7) is 5.99. The molecule has 0 bridgehead atoms. The number of hydrogen-bond donors (Lipinski definition) is 0. The van der Waals surface area contributed by atoms with E-state index in [0.29, 0.717) is 11.1 Å². The molecule has 0 saturated heterocycles. The minimum absolute atomic E-state index is 0.0198. The van der Waals surface area contributed by atoms with Gasteiger partial charge in [0.15, 0.2) is 5.78 Å². The van der Waals surface area contributed by atoms with Crippen molar-refractivity contribution in [1.82, 2.24) is 0 Å². The first-order chi connectivity index (χ1) is 15.5. The van der Waals surface area contributed by atoms with Crippen molar-refractivity contribution in [3.63, 3.8) is 0 Å². The predicted molar refractivity (Wildman–Crippen MR) is 133 cm³/mol.